The number of carboxylic acid groups (broad SMARTS) is 1. The van der Waals surface area contributed by atoms with Gasteiger partial charge in [0.05, 0.1) is 5.69 Å². The Labute approximate surface area is 210 Å². The number of aromatic nitrogens is 2. The van der Waals surface area contributed by atoms with Gasteiger partial charge in [-0.3, -0.25) is 9.69 Å². The lowest BCUT2D eigenvalue weighted by Crippen LogP contribution is -2.53. The molecular weight excluding hydrogens is 562 g/mol. The minimum absolute atomic E-state index is 0.0626. The molecule has 1 aliphatic heterocycles. The van der Waals surface area contributed by atoms with Gasteiger partial charge in [-0.1, -0.05) is 0 Å². The highest BCUT2D eigenvalue weighted by Crippen LogP contribution is 2.37. The average molecular weight is 585 g/mol. The molecule has 0 bridgehead atoms. The number of benzene rings is 1. The summed E-state index contributed by atoms with van der Waals surface area (Å²) in [5, 5.41) is 12.6. The average Bonchev–Trinajstić information content (AvgIpc) is 3.08. The van der Waals surface area contributed by atoms with Gasteiger partial charge in [-0.15, -0.1) is 0 Å². The Morgan fingerprint density at radius 1 is 1.19 bits per heavy atom. The molecule has 0 spiro atoms. The summed E-state index contributed by atoms with van der Waals surface area (Å²) < 4.78 is 82.8. The number of fused-ring (bicyclic) bond motifs is 1. The monoisotopic (exact) mass is 584 g/mol. The maximum atomic E-state index is 14.4. The fourth-order valence-electron chi connectivity index (χ4n) is 4.41. The molecule has 2 aromatic rings. The fourth-order valence-corrected chi connectivity index (χ4v) is 5.05. The Morgan fingerprint density at radius 3 is 2.36 bits per heavy atom. The van der Waals surface area contributed by atoms with Crippen LogP contribution in [0.1, 0.15) is 50.2 Å². The van der Waals surface area contributed by atoms with Crippen LogP contribution in [0.15, 0.2) is 16.9 Å². The first-order valence-electron chi connectivity index (χ1n) is 10.7. The summed E-state index contributed by atoms with van der Waals surface area (Å²) in [7, 11) is 0. The zero-order chi connectivity index (χ0) is 27.2. The number of alkyl halides is 3. The van der Waals surface area contributed by atoms with Gasteiger partial charge < -0.3 is 15.0 Å². The van der Waals surface area contributed by atoms with Crippen molar-refractivity contribution < 1.29 is 41.0 Å². The van der Waals surface area contributed by atoms with E-state index in [1.807, 2.05) is 0 Å². The lowest BCUT2D eigenvalue weighted by Gasteiger charge is -2.40. The molecule has 7 nitrogen and oxygen atoms in total. The van der Waals surface area contributed by atoms with Crippen LogP contribution in [0.25, 0.3) is 0 Å². The van der Waals surface area contributed by atoms with Gasteiger partial charge in [-0.25, -0.2) is 22.9 Å². The van der Waals surface area contributed by atoms with E-state index in [-0.39, 0.29) is 29.1 Å². The molecule has 1 aromatic carbocycles. The minimum atomic E-state index is -4.77. The van der Waals surface area contributed by atoms with E-state index in [2.05, 4.69) is 26.2 Å². The normalized spacial score (nSPS) is 17.0. The van der Waals surface area contributed by atoms with Gasteiger partial charge in [-0.05, 0) is 54.8 Å². The third-order valence-corrected chi connectivity index (χ3v) is 6.38. The SMILES string of the molecule is CC(C)(C)N(C(=O)O)C(CC(=O)C1CNCc2c(C(F)(F)F)nc(Br)n21)Cc1cc(F)c(F)cc1F. The number of ketones is 1. The lowest BCUT2D eigenvalue weighted by molar-refractivity contribution is -0.142. The number of rotatable bonds is 6. The van der Waals surface area contributed by atoms with E-state index < -0.39 is 71.7 Å². The number of imidazole rings is 1. The van der Waals surface area contributed by atoms with Gasteiger partial charge in [0, 0.05) is 37.2 Å². The second kappa shape index (κ2) is 10.0. The molecule has 198 valence electrons. The predicted molar refractivity (Wildman–Crippen MR) is 119 cm³/mol. The molecule has 2 unspecified atom stereocenters. The molecule has 0 saturated heterocycles. The van der Waals surface area contributed by atoms with Crippen molar-refractivity contribution in [1.29, 1.82) is 0 Å². The van der Waals surface area contributed by atoms with E-state index in [1.54, 1.807) is 0 Å². The van der Waals surface area contributed by atoms with Crippen LogP contribution in [0, 0.1) is 17.5 Å². The van der Waals surface area contributed by atoms with E-state index in [0.29, 0.717) is 12.1 Å². The minimum Gasteiger partial charge on any atom is -0.465 e. The van der Waals surface area contributed by atoms with Crippen molar-refractivity contribution in [1.82, 2.24) is 19.8 Å². The number of nitrogens with one attached hydrogen (secondary N) is 1. The molecule has 3 rings (SSSR count). The Hall–Kier alpha value is -2.61. The standard InChI is InChI=1S/C22H23BrF6N4O3/c1-21(2,3)33(20(35)36)11(4-10-5-13(25)14(26)7-12(10)24)6-17(34)15-8-30-9-16-18(22(27,28)29)31-19(23)32(15)16/h5,7,11,15,30H,4,6,8-9H2,1-3H3,(H,35,36). The fraction of sp³-hybridized carbons (Fsp3) is 0.500. The summed E-state index contributed by atoms with van der Waals surface area (Å²) in [6.07, 6.45) is -7.24. The van der Waals surface area contributed by atoms with Gasteiger partial charge in [0.1, 0.15) is 11.9 Å². The Kier molecular flexibility index (Phi) is 7.80. The van der Waals surface area contributed by atoms with Gasteiger partial charge in [-0.2, -0.15) is 13.2 Å². The van der Waals surface area contributed by atoms with Crippen LogP contribution in [0.2, 0.25) is 0 Å². The number of hydrogen-bond acceptors (Lipinski definition) is 4. The Morgan fingerprint density at radius 2 is 1.81 bits per heavy atom. The first-order valence-corrected chi connectivity index (χ1v) is 11.5. The van der Waals surface area contributed by atoms with Crippen LogP contribution in [0.3, 0.4) is 0 Å². The third kappa shape index (κ3) is 5.69. The van der Waals surface area contributed by atoms with Crippen LogP contribution in [-0.2, 0) is 23.9 Å². The molecule has 2 N–H and O–H groups in total. The molecule has 2 heterocycles. The van der Waals surface area contributed by atoms with Crippen LogP contribution in [0.4, 0.5) is 31.1 Å². The van der Waals surface area contributed by atoms with Gasteiger partial charge in [0.2, 0.25) is 0 Å². The van der Waals surface area contributed by atoms with Crippen molar-refractivity contribution in [2.24, 2.45) is 0 Å². The molecule has 0 aliphatic carbocycles. The maximum Gasteiger partial charge on any atom is 0.435 e. The van der Waals surface area contributed by atoms with Crippen molar-refractivity contribution in [2.75, 3.05) is 6.54 Å². The summed E-state index contributed by atoms with van der Waals surface area (Å²) in [5.74, 6) is -4.56. The summed E-state index contributed by atoms with van der Waals surface area (Å²) in [6, 6.07) is -1.51. The predicted octanol–water partition coefficient (Wildman–Crippen LogP) is 5.08. The molecule has 0 saturated carbocycles. The molecule has 36 heavy (non-hydrogen) atoms. The highest BCUT2D eigenvalue weighted by molar-refractivity contribution is 9.10. The lowest BCUT2D eigenvalue weighted by atomic mass is 9.92. The van der Waals surface area contributed by atoms with Crippen molar-refractivity contribution in [3.8, 4) is 0 Å². The zero-order valence-corrected chi connectivity index (χ0v) is 21.0. The van der Waals surface area contributed by atoms with Crippen LogP contribution >= 0.6 is 15.9 Å². The largest absolute Gasteiger partial charge is 0.465 e. The van der Waals surface area contributed by atoms with E-state index in [1.165, 1.54) is 20.8 Å². The quantitative estimate of drug-likeness (QED) is 0.365. The van der Waals surface area contributed by atoms with E-state index >= 15 is 0 Å². The number of amides is 1. The second-order valence-electron chi connectivity index (χ2n) is 9.40. The third-order valence-electron chi connectivity index (χ3n) is 5.82. The molecule has 1 amide bonds. The summed E-state index contributed by atoms with van der Waals surface area (Å²) in [4.78, 5) is 29.9. The van der Waals surface area contributed by atoms with Crippen molar-refractivity contribution >= 4 is 27.8 Å². The molecule has 14 heteroatoms. The van der Waals surface area contributed by atoms with E-state index in [9.17, 15) is 41.0 Å². The molecular formula is C22H23BrF6N4O3. The van der Waals surface area contributed by atoms with Gasteiger partial charge >= 0.3 is 12.3 Å². The van der Waals surface area contributed by atoms with Crippen molar-refractivity contribution in [3.05, 3.63) is 51.3 Å². The molecule has 1 aliphatic rings. The topological polar surface area (TPSA) is 87.5 Å². The molecule has 0 radical (unpaired) electrons. The smallest absolute Gasteiger partial charge is 0.435 e. The summed E-state index contributed by atoms with van der Waals surface area (Å²) in [6.45, 7) is 4.32. The number of halogens is 7. The van der Waals surface area contributed by atoms with E-state index in [4.69, 9.17) is 0 Å². The number of nitrogens with zero attached hydrogens (tertiary/aromatic N) is 3. The molecule has 2 atom stereocenters. The van der Waals surface area contributed by atoms with Crippen LogP contribution in [-0.4, -0.2) is 49.6 Å². The highest BCUT2D eigenvalue weighted by Gasteiger charge is 2.43. The first-order chi connectivity index (χ1) is 16.5. The zero-order valence-electron chi connectivity index (χ0n) is 19.4. The van der Waals surface area contributed by atoms with E-state index in [0.717, 1.165) is 9.47 Å². The Balaban J connectivity index is 2.01. The Bertz CT molecular complexity index is 1180. The maximum absolute atomic E-state index is 14.4. The van der Waals surface area contributed by atoms with Gasteiger partial charge in [0.15, 0.2) is 27.8 Å². The molecule has 1 aromatic heterocycles. The van der Waals surface area contributed by atoms with Crippen molar-refractivity contribution in [2.45, 2.75) is 64.0 Å². The number of carbonyl (C=O) groups excluding carboxylic acids is 1. The van der Waals surface area contributed by atoms with Crippen LogP contribution < -0.4 is 5.32 Å². The molecule has 0 fully saturated rings. The number of Topliss-reactive ketones (excluding diaryl/α,β-unsaturated/α-hetero) is 1. The van der Waals surface area contributed by atoms with Crippen molar-refractivity contribution in [3.63, 3.8) is 0 Å². The highest BCUT2D eigenvalue weighted by atomic mass is 79.9. The number of hydrogen-bond donors (Lipinski definition) is 2. The summed E-state index contributed by atoms with van der Waals surface area (Å²) >= 11 is 2.97. The van der Waals surface area contributed by atoms with Gasteiger partial charge in [0.25, 0.3) is 0 Å². The van der Waals surface area contributed by atoms with Crippen LogP contribution in [0.5, 0.6) is 0 Å². The number of carbonyl (C=O) groups is 2. The second-order valence-corrected chi connectivity index (χ2v) is 10.1. The summed E-state index contributed by atoms with van der Waals surface area (Å²) in [5.41, 5.74) is -2.89. The first kappa shape index (κ1) is 28.0.